The number of amides is 2. The molecule has 5 rings (SSSR count). The van der Waals surface area contributed by atoms with Gasteiger partial charge in [0, 0.05) is 43.5 Å². The van der Waals surface area contributed by atoms with Gasteiger partial charge in [-0.2, -0.15) is 0 Å². The summed E-state index contributed by atoms with van der Waals surface area (Å²) in [6.45, 7) is 0.770. The molecular formula is C22H20N4O4. The summed E-state index contributed by atoms with van der Waals surface area (Å²) in [4.78, 5) is 35.1. The lowest BCUT2D eigenvalue weighted by Crippen LogP contribution is -2.32. The lowest BCUT2D eigenvalue weighted by Gasteiger charge is -2.15. The van der Waals surface area contributed by atoms with Crippen molar-refractivity contribution in [1.82, 2.24) is 19.4 Å². The Hall–Kier alpha value is -3.68. The highest BCUT2D eigenvalue weighted by molar-refractivity contribution is 6.06. The highest BCUT2D eigenvalue weighted by Gasteiger charge is 2.28. The predicted molar refractivity (Wildman–Crippen MR) is 112 cm³/mol. The molecule has 8 nitrogen and oxygen atoms in total. The van der Waals surface area contributed by atoms with Crippen LogP contribution in [0.4, 0.5) is 0 Å². The zero-order valence-electron chi connectivity index (χ0n) is 16.7. The second-order valence-corrected chi connectivity index (χ2v) is 7.20. The van der Waals surface area contributed by atoms with Gasteiger partial charge in [0.05, 0.1) is 30.8 Å². The van der Waals surface area contributed by atoms with Gasteiger partial charge < -0.3 is 14.0 Å². The summed E-state index contributed by atoms with van der Waals surface area (Å²) in [7, 11) is 3.17. The largest absolute Gasteiger partial charge is 0.493 e. The van der Waals surface area contributed by atoms with E-state index in [1.165, 1.54) is 4.90 Å². The molecule has 1 fully saturated rings. The first kappa shape index (κ1) is 18.4. The second kappa shape index (κ2) is 6.98. The fourth-order valence-corrected chi connectivity index (χ4v) is 4.06. The van der Waals surface area contributed by atoms with Crippen LogP contribution in [-0.4, -0.2) is 52.0 Å². The van der Waals surface area contributed by atoms with Gasteiger partial charge in [-0.05, 0) is 6.07 Å². The van der Waals surface area contributed by atoms with Crippen molar-refractivity contribution in [1.29, 1.82) is 0 Å². The molecule has 152 valence electrons. The van der Waals surface area contributed by atoms with Gasteiger partial charge in [-0.25, -0.2) is 9.97 Å². The summed E-state index contributed by atoms with van der Waals surface area (Å²) in [5.41, 5.74) is 3.81. The first-order valence-electron chi connectivity index (χ1n) is 9.74. The first-order valence-corrected chi connectivity index (χ1v) is 9.74. The average Bonchev–Trinajstić information content (AvgIpc) is 3.25. The maximum Gasteiger partial charge on any atom is 0.229 e. The number of ether oxygens (including phenoxy) is 2. The number of methoxy groups -OCH3 is 2. The van der Waals surface area contributed by atoms with Gasteiger partial charge in [0.15, 0.2) is 17.1 Å². The van der Waals surface area contributed by atoms with Gasteiger partial charge in [0.2, 0.25) is 11.8 Å². The van der Waals surface area contributed by atoms with Crippen LogP contribution >= 0.6 is 0 Å². The fraction of sp³-hybridized carbons (Fsp3) is 0.273. The molecule has 30 heavy (non-hydrogen) atoms. The maximum absolute atomic E-state index is 12.0. The number of benzene rings is 2. The minimum absolute atomic E-state index is 0.117. The molecule has 0 aliphatic carbocycles. The number of rotatable bonds is 5. The van der Waals surface area contributed by atoms with Crippen molar-refractivity contribution in [3.05, 3.63) is 36.4 Å². The summed E-state index contributed by atoms with van der Waals surface area (Å²) < 4.78 is 12.8. The number of para-hydroxylation sites is 1. The fourth-order valence-electron chi connectivity index (χ4n) is 4.06. The van der Waals surface area contributed by atoms with Crippen LogP contribution < -0.4 is 9.47 Å². The van der Waals surface area contributed by atoms with Crippen LogP contribution in [0, 0.1) is 0 Å². The molecule has 2 aromatic carbocycles. The second-order valence-electron chi connectivity index (χ2n) is 7.20. The van der Waals surface area contributed by atoms with Crippen molar-refractivity contribution in [3.8, 4) is 11.5 Å². The van der Waals surface area contributed by atoms with Crippen LogP contribution in [0.3, 0.4) is 0 Å². The number of likely N-dealkylation sites (tertiary alicyclic amines) is 1. The highest BCUT2D eigenvalue weighted by atomic mass is 16.5. The van der Waals surface area contributed by atoms with E-state index < -0.39 is 0 Å². The monoisotopic (exact) mass is 404 g/mol. The van der Waals surface area contributed by atoms with E-state index in [2.05, 4.69) is 0 Å². The molecule has 0 unspecified atom stereocenters. The molecule has 2 aromatic heterocycles. The third-order valence-electron chi connectivity index (χ3n) is 5.56. The zero-order chi connectivity index (χ0) is 20.8. The number of hydrogen-bond donors (Lipinski definition) is 0. The van der Waals surface area contributed by atoms with Gasteiger partial charge in [0.1, 0.15) is 5.52 Å². The van der Waals surface area contributed by atoms with Crippen molar-refractivity contribution in [2.75, 3.05) is 20.8 Å². The lowest BCUT2D eigenvalue weighted by molar-refractivity contribution is -0.138. The summed E-state index contributed by atoms with van der Waals surface area (Å²) in [6, 6.07) is 11.5. The topological polar surface area (TPSA) is 86.6 Å². The molecule has 0 bridgehead atoms. The number of nitrogens with zero attached hydrogens (tertiary/aromatic N) is 4. The molecule has 0 atom stereocenters. The molecule has 4 aromatic rings. The highest BCUT2D eigenvalue weighted by Crippen LogP contribution is 2.34. The molecule has 1 aliphatic heterocycles. The van der Waals surface area contributed by atoms with Crippen molar-refractivity contribution < 1.29 is 19.1 Å². The normalized spacial score (nSPS) is 14.4. The van der Waals surface area contributed by atoms with Gasteiger partial charge in [-0.15, -0.1) is 0 Å². The third-order valence-corrected chi connectivity index (χ3v) is 5.56. The van der Waals surface area contributed by atoms with Crippen LogP contribution in [0.5, 0.6) is 11.5 Å². The Labute approximate surface area is 172 Å². The molecule has 2 amide bonds. The minimum Gasteiger partial charge on any atom is -0.493 e. The first-order chi connectivity index (χ1) is 14.6. The Balaban J connectivity index is 1.69. The summed E-state index contributed by atoms with van der Waals surface area (Å²) >= 11 is 0. The Morgan fingerprint density at radius 3 is 2.20 bits per heavy atom. The number of carbonyl (C=O) groups is 2. The van der Waals surface area contributed by atoms with Crippen LogP contribution in [0.2, 0.25) is 0 Å². The molecular weight excluding hydrogens is 384 g/mol. The van der Waals surface area contributed by atoms with E-state index in [-0.39, 0.29) is 24.7 Å². The summed E-state index contributed by atoms with van der Waals surface area (Å²) in [6.07, 6.45) is 0.580. The Morgan fingerprint density at radius 1 is 0.900 bits per heavy atom. The standard InChI is InChI=1S/C22H20N4O4/c1-29-17-11-14-15(12-18(17)30-2)24-22-21(23-14)13-5-3-4-6-16(13)25(22)9-10-26-19(27)7-8-20(26)28/h3-6,11-12H,7-10H2,1-2H3. The molecule has 3 heterocycles. The van der Waals surface area contributed by atoms with Crippen LogP contribution in [0.25, 0.3) is 33.1 Å². The smallest absolute Gasteiger partial charge is 0.229 e. The van der Waals surface area contributed by atoms with Gasteiger partial charge in [-0.1, -0.05) is 18.2 Å². The number of hydrogen-bond acceptors (Lipinski definition) is 6. The van der Waals surface area contributed by atoms with E-state index in [9.17, 15) is 9.59 Å². The van der Waals surface area contributed by atoms with Gasteiger partial charge >= 0.3 is 0 Å². The Morgan fingerprint density at radius 2 is 1.53 bits per heavy atom. The van der Waals surface area contributed by atoms with E-state index in [0.717, 1.165) is 16.4 Å². The average molecular weight is 404 g/mol. The van der Waals surface area contributed by atoms with Crippen molar-refractivity contribution in [3.63, 3.8) is 0 Å². The molecule has 0 radical (unpaired) electrons. The molecule has 8 heteroatoms. The minimum atomic E-state index is -0.117. The third kappa shape index (κ3) is 2.75. The Bertz CT molecular complexity index is 1310. The van der Waals surface area contributed by atoms with E-state index in [4.69, 9.17) is 19.4 Å². The number of fused-ring (bicyclic) bond motifs is 4. The van der Waals surface area contributed by atoms with E-state index >= 15 is 0 Å². The van der Waals surface area contributed by atoms with E-state index in [0.29, 0.717) is 41.3 Å². The van der Waals surface area contributed by atoms with Crippen LogP contribution in [0.1, 0.15) is 12.8 Å². The lowest BCUT2D eigenvalue weighted by atomic mass is 10.2. The van der Waals surface area contributed by atoms with E-state index in [1.54, 1.807) is 20.3 Å². The number of aromatic nitrogens is 3. The molecule has 0 spiro atoms. The van der Waals surface area contributed by atoms with Gasteiger partial charge in [0.25, 0.3) is 0 Å². The quantitative estimate of drug-likeness (QED) is 0.476. The number of imide groups is 1. The van der Waals surface area contributed by atoms with Gasteiger partial charge in [-0.3, -0.25) is 14.5 Å². The summed E-state index contributed by atoms with van der Waals surface area (Å²) in [5.74, 6) is 0.936. The van der Waals surface area contributed by atoms with Crippen molar-refractivity contribution >= 4 is 44.9 Å². The maximum atomic E-state index is 12.0. The summed E-state index contributed by atoms with van der Waals surface area (Å²) in [5, 5.41) is 0.968. The van der Waals surface area contributed by atoms with Crippen molar-refractivity contribution in [2.45, 2.75) is 19.4 Å². The van der Waals surface area contributed by atoms with Crippen molar-refractivity contribution in [2.24, 2.45) is 0 Å². The van der Waals surface area contributed by atoms with E-state index in [1.807, 2.05) is 34.9 Å². The Kier molecular flexibility index (Phi) is 4.27. The molecule has 0 saturated carbocycles. The zero-order valence-corrected chi connectivity index (χ0v) is 16.7. The SMILES string of the molecule is COc1cc2nc3c4ccccc4n(CCN4C(=O)CCC4=O)c3nc2cc1OC. The van der Waals surface area contributed by atoms with Crippen LogP contribution in [-0.2, 0) is 16.1 Å². The predicted octanol–water partition coefficient (Wildman–Crippen LogP) is 2.90. The molecule has 1 saturated heterocycles. The molecule has 0 N–H and O–H groups in total. The molecule has 1 aliphatic rings. The number of carbonyl (C=O) groups excluding carboxylic acids is 2. The van der Waals surface area contributed by atoms with Crippen LogP contribution in [0.15, 0.2) is 36.4 Å².